The smallest absolute Gasteiger partial charge is 0.262 e. The molecule has 0 amide bonds. The van der Waals surface area contributed by atoms with Crippen molar-refractivity contribution < 1.29 is 8.42 Å². The molecule has 1 aliphatic rings. The molecular weight excluding hydrogens is 370 g/mol. The van der Waals surface area contributed by atoms with Gasteiger partial charge in [0.2, 0.25) is 0 Å². The average molecular weight is 388 g/mol. The molecule has 7 nitrogen and oxygen atoms in total. The maximum absolute atomic E-state index is 12.5. The van der Waals surface area contributed by atoms with Crippen LogP contribution in [0.1, 0.15) is 12.7 Å². The van der Waals surface area contributed by atoms with Crippen LogP contribution in [0.3, 0.4) is 0 Å². The lowest BCUT2D eigenvalue weighted by Gasteiger charge is -2.37. The third-order valence-corrected chi connectivity index (χ3v) is 5.98. The van der Waals surface area contributed by atoms with Crippen LogP contribution in [0, 0.1) is 12.8 Å². The minimum Gasteiger partial charge on any atom is -0.334 e. The molecule has 2 aromatic rings. The second-order valence-corrected chi connectivity index (χ2v) is 8.28. The average Bonchev–Trinajstić information content (AvgIpc) is 2.99. The van der Waals surface area contributed by atoms with E-state index in [0.717, 1.165) is 16.8 Å². The quantitative estimate of drug-likeness (QED) is 0.778. The zero-order valence-corrected chi connectivity index (χ0v) is 14.9. The fourth-order valence-corrected chi connectivity index (χ4v) is 4.51. The van der Waals surface area contributed by atoms with Gasteiger partial charge >= 0.3 is 0 Å². The molecule has 22 heavy (non-hydrogen) atoms. The summed E-state index contributed by atoms with van der Waals surface area (Å²) in [5.41, 5.74) is 0. The number of rotatable bonds is 5. The van der Waals surface area contributed by atoms with E-state index in [9.17, 15) is 8.42 Å². The van der Waals surface area contributed by atoms with Crippen LogP contribution < -0.4 is 0 Å². The van der Waals surface area contributed by atoms with Crippen LogP contribution in [0.5, 0.6) is 0 Å². The van der Waals surface area contributed by atoms with Crippen molar-refractivity contribution in [3.8, 4) is 0 Å². The summed E-state index contributed by atoms with van der Waals surface area (Å²) in [5.74, 6) is 1.01. The van der Waals surface area contributed by atoms with Crippen molar-refractivity contribution >= 4 is 26.0 Å². The summed E-state index contributed by atoms with van der Waals surface area (Å²) in [6, 6.07) is 0. The van der Waals surface area contributed by atoms with Gasteiger partial charge in [0, 0.05) is 44.5 Å². The third-order valence-electron chi connectivity index (χ3n) is 3.87. The van der Waals surface area contributed by atoms with Gasteiger partial charge in [-0.25, -0.2) is 13.4 Å². The number of hydrogen-bond donors (Lipinski definition) is 0. The number of sulfonamides is 1. The highest BCUT2D eigenvalue weighted by Crippen LogP contribution is 2.26. The van der Waals surface area contributed by atoms with E-state index in [1.165, 1.54) is 4.31 Å². The zero-order valence-electron chi connectivity index (χ0n) is 12.5. The van der Waals surface area contributed by atoms with Crippen molar-refractivity contribution in [3.63, 3.8) is 0 Å². The zero-order chi connectivity index (χ0) is 15.9. The molecule has 0 aromatic carbocycles. The molecule has 3 rings (SSSR count). The largest absolute Gasteiger partial charge is 0.334 e. The summed E-state index contributed by atoms with van der Waals surface area (Å²) in [5, 5.41) is 4.34. The molecular formula is C13H18BrN5O2S. The lowest BCUT2D eigenvalue weighted by molar-refractivity contribution is 0.174. The van der Waals surface area contributed by atoms with Crippen molar-refractivity contribution in [2.75, 3.05) is 13.1 Å². The number of halogens is 1. The van der Waals surface area contributed by atoms with Crippen LogP contribution in [0.25, 0.3) is 0 Å². The van der Waals surface area contributed by atoms with Gasteiger partial charge in [-0.15, -0.1) is 0 Å². The second kappa shape index (κ2) is 5.78. The molecule has 0 spiro atoms. The molecule has 0 bridgehead atoms. The van der Waals surface area contributed by atoms with E-state index < -0.39 is 10.0 Å². The van der Waals surface area contributed by atoms with E-state index in [1.807, 2.05) is 29.3 Å². The fourth-order valence-electron chi connectivity index (χ4n) is 2.59. The topological polar surface area (TPSA) is 73.0 Å². The molecule has 0 aliphatic carbocycles. The van der Waals surface area contributed by atoms with Gasteiger partial charge in [0.15, 0.2) is 5.03 Å². The highest BCUT2D eigenvalue weighted by atomic mass is 79.9. The Morgan fingerprint density at radius 2 is 2.09 bits per heavy atom. The molecule has 2 aromatic heterocycles. The number of nitrogens with zero attached hydrogens (tertiary/aromatic N) is 5. The Balaban J connectivity index is 1.65. The van der Waals surface area contributed by atoms with Crippen molar-refractivity contribution in [2.45, 2.75) is 32.0 Å². The van der Waals surface area contributed by atoms with Gasteiger partial charge < -0.3 is 4.57 Å². The van der Waals surface area contributed by atoms with E-state index in [2.05, 4.69) is 26.0 Å². The maximum Gasteiger partial charge on any atom is 0.262 e. The minimum atomic E-state index is -3.47. The van der Waals surface area contributed by atoms with Crippen LogP contribution in [0.2, 0.25) is 0 Å². The van der Waals surface area contributed by atoms with Gasteiger partial charge in [0.1, 0.15) is 5.82 Å². The van der Waals surface area contributed by atoms with Gasteiger partial charge in [0.05, 0.1) is 10.7 Å². The SMILES string of the molecule is CCn1cc(S(=O)(=O)N2CC(Cn3cc(Br)cn3)C2)nc1C. The highest BCUT2D eigenvalue weighted by Gasteiger charge is 2.38. The van der Waals surface area contributed by atoms with Gasteiger partial charge in [-0.2, -0.15) is 9.40 Å². The van der Waals surface area contributed by atoms with E-state index in [1.54, 1.807) is 12.4 Å². The molecule has 0 atom stereocenters. The maximum atomic E-state index is 12.5. The predicted octanol–water partition coefficient (Wildman–Crippen LogP) is 1.49. The lowest BCUT2D eigenvalue weighted by Crippen LogP contribution is -2.51. The first-order valence-electron chi connectivity index (χ1n) is 7.12. The summed E-state index contributed by atoms with van der Waals surface area (Å²) in [6.45, 7) is 6.24. The summed E-state index contributed by atoms with van der Waals surface area (Å²) in [4.78, 5) is 4.18. The molecule has 9 heteroatoms. The Morgan fingerprint density at radius 3 is 2.64 bits per heavy atom. The van der Waals surface area contributed by atoms with E-state index in [4.69, 9.17) is 0 Å². The standard InChI is InChI=1S/C13H18BrN5O2S/c1-3-17-9-13(16-10(17)2)22(20,21)19-6-11(7-19)5-18-8-12(14)4-15-18/h4,8-9,11H,3,5-7H2,1-2H3. The Bertz CT molecular complexity index is 776. The van der Waals surface area contributed by atoms with E-state index >= 15 is 0 Å². The van der Waals surface area contributed by atoms with Gasteiger partial charge in [0.25, 0.3) is 10.0 Å². The first-order chi connectivity index (χ1) is 10.4. The van der Waals surface area contributed by atoms with Gasteiger partial charge in [-0.05, 0) is 29.8 Å². The Kier molecular flexibility index (Phi) is 4.13. The number of aromatic nitrogens is 4. The van der Waals surface area contributed by atoms with Crippen molar-refractivity contribution in [2.24, 2.45) is 5.92 Å². The molecule has 1 aliphatic heterocycles. The number of aryl methyl sites for hydroxylation is 2. The van der Waals surface area contributed by atoms with Gasteiger partial charge in [-0.1, -0.05) is 0 Å². The normalized spacial score (nSPS) is 16.9. The van der Waals surface area contributed by atoms with E-state index in [0.29, 0.717) is 19.6 Å². The summed E-state index contributed by atoms with van der Waals surface area (Å²) >= 11 is 3.35. The first-order valence-corrected chi connectivity index (χ1v) is 9.35. The van der Waals surface area contributed by atoms with E-state index in [-0.39, 0.29) is 10.9 Å². The summed E-state index contributed by atoms with van der Waals surface area (Å²) < 4.78 is 31.1. The second-order valence-electron chi connectivity index (χ2n) is 5.48. The molecule has 0 saturated carbocycles. The van der Waals surface area contributed by atoms with Crippen LogP contribution in [-0.2, 0) is 23.1 Å². The molecule has 0 radical (unpaired) electrons. The summed E-state index contributed by atoms with van der Waals surface area (Å²) in [6.07, 6.45) is 5.24. The molecule has 0 N–H and O–H groups in total. The van der Waals surface area contributed by atoms with Crippen molar-refractivity contribution in [1.29, 1.82) is 0 Å². The molecule has 1 fully saturated rings. The van der Waals surface area contributed by atoms with Gasteiger partial charge in [-0.3, -0.25) is 4.68 Å². The monoisotopic (exact) mass is 387 g/mol. The lowest BCUT2D eigenvalue weighted by atomic mass is 10.0. The van der Waals surface area contributed by atoms with Crippen LogP contribution in [0.4, 0.5) is 0 Å². The fraction of sp³-hybridized carbons (Fsp3) is 0.538. The molecule has 0 unspecified atom stereocenters. The summed E-state index contributed by atoms with van der Waals surface area (Å²) in [7, 11) is -3.47. The van der Waals surface area contributed by atoms with Crippen LogP contribution in [-0.4, -0.2) is 45.1 Å². The minimum absolute atomic E-state index is 0.145. The van der Waals surface area contributed by atoms with Crippen LogP contribution in [0.15, 0.2) is 28.1 Å². The molecule has 3 heterocycles. The Hall–Kier alpha value is -1.19. The van der Waals surface area contributed by atoms with Crippen molar-refractivity contribution in [1.82, 2.24) is 23.6 Å². The highest BCUT2D eigenvalue weighted by molar-refractivity contribution is 9.10. The first kappa shape index (κ1) is 15.7. The molecule has 120 valence electrons. The number of imidazole rings is 1. The van der Waals surface area contributed by atoms with Crippen LogP contribution >= 0.6 is 15.9 Å². The molecule has 1 saturated heterocycles. The number of hydrogen-bond acceptors (Lipinski definition) is 4. The third kappa shape index (κ3) is 2.84. The Morgan fingerprint density at radius 1 is 1.36 bits per heavy atom. The van der Waals surface area contributed by atoms with Crippen molar-refractivity contribution in [3.05, 3.63) is 28.9 Å². The Labute approximate surface area is 138 Å². The predicted molar refractivity (Wildman–Crippen MR) is 84.8 cm³/mol.